The monoisotopic (exact) mass is 302 g/mol. The smallest absolute Gasteiger partial charge is 0.230 e. The minimum atomic E-state index is -0.308. The van der Waals surface area contributed by atoms with Crippen LogP contribution < -0.4 is 5.73 Å². The molecule has 0 saturated carbocycles. The molecule has 1 aromatic heterocycles. The number of halogens is 2. The van der Waals surface area contributed by atoms with Crippen molar-refractivity contribution in [3.63, 3.8) is 0 Å². The third-order valence-corrected chi connectivity index (χ3v) is 3.71. The van der Waals surface area contributed by atoms with Crippen molar-refractivity contribution in [2.24, 2.45) is 0 Å². The molecule has 0 aliphatic carbocycles. The van der Waals surface area contributed by atoms with Crippen molar-refractivity contribution < 1.29 is 8.91 Å². The van der Waals surface area contributed by atoms with Gasteiger partial charge in [-0.3, -0.25) is 0 Å². The van der Waals surface area contributed by atoms with E-state index in [1.165, 1.54) is 12.1 Å². The summed E-state index contributed by atoms with van der Waals surface area (Å²) in [6, 6.07) is 11.6. The lowest BCUT2D eigenvalue weighted by Crippen LogP contribution is -1.89. The Morgan fingerprint density at radius 3 is 2.43 bits per heavy atom. The van der Waals surface area contributed by atoms with Gasteiger partial charge < -0.3 is 10.3 Å². The molecular formula is C16H12ClFN2O. The van der Waals surface area contributed by atoms with Gasteiger partial charge in [-0.2, -0.15) is 0 Å². The molecule has 0 amide bonds. The van der Waals surface area contributed by atoms with Gasteiger partial charge in [0.25, 0.3) is 0 Å². The normalized spacial score (nSPS) is 10.8. The van der Waals surface area contributed by atoms with E-state index in [1.54, 1.807) is 18.2 Å². The van der Waals surface area contributed by atoms with Crippen LogP contribution in [-0.2, 0) is 0 Å². The first-order chi connectivity index (χ1) is 10.1. The summed E-state index contributed by atoms with van der Waals surface area (Å²) in [5, 5.41) is 4.70. The maximum atomic E-state index is 13.1. The van der Waals surface area contributed by atoms with Crippen LogP contribution >= 0.6 is 11.6 Å². The van der Waals surface area contributed by atoms with Gasteiger partial charge in [0.05, 0.1) is 5.56 Å². The molecule has 3 nitrogen and oxygen atoms in total. The van der Waals surface area contributed by atoms with Crippen LogP contribution in [0, 0.1) is 12.7 Å². The zero-order valence-corrected chi connectivity index (χ0v) is 12.0. The second-order valence-corrected chi connectivity index (χ2v) is 5.15. The van der Waals surface area contributed by atoms with Crippen LogP contribution in [0.5, 0.6) is 0 Å². The SMILES string of the molecule is Cc1cc(-c2noc(N)c2-c2ccc(F)cc2)ccc1Cl. The Labute approximate surface area is 126 Å². The number of nitrogens with two attached hydrogens (primary N) is 1. The first kappa shape index (κ1) is 13.6. The van der Waals surface area contributed by atoms with Crippen LogP contribution in [0.1, 0.15) is 5.56 Å². The maximum absolute atomic E-state index is 13.1. The van der Waals surface area contributed by atoms with Gasteiger partial charge in [0.2, 0.25) is 5.88 Å². The fourth-order valence-electron chi connectivity index (χ4n) is 2.19. The number of anilines is 1. The number of hydrogen-bond donors (Lipinski definition) is 1. The van der Waals surface area contributed by atoms with E-state index in [4.69, 9.17) is 21.9 Å². The standard InChI is InChI=1S/C16H12ClFN2O/c1-9-8-11(4-7-13(9)17)15-14(16(19)21-20-15)10-2-5-12(18)6-3-10/h2-8H,19H2,1H3. The van der Waals surface area contributed by atoms with Gasteiger partial charge in [-0.1, -0.05) is 35.0 Å². The summed E-state index contributed by atoms with van der Waals surface area (Å²) < 4.78 is 18.2. The average molecular weight is 303 g/mol. The average Bonchev–Trinajstić information content (AvgIpc) is 2.85. The lowest BCUT2D eigenvalue weighted by Gasteiger charge is -2.05. The first-order valence-electron chi connectivity index (χ1n) is 6.34. The molecule has 0 unspecified atom stereocenters. The molecule has 0 spiro atoms. The molecular weight excluding hydrogens is 291 g/mol. The van der Waals surface area contributed by atoms with Crippen LogP contribution in [0.15, 0.2) is 47.0 Å². The number of rotatable bonds is 2. The van der Waals surface area contributed by atoms with Crippen LogP contribution in [0.25, 0.3) is 22.4 Å². The summed E-state index contributed by atoms with van der Waals surface area (Å²) >= 11 is 6.04. The maximum Gasteiger partial charge on any atom is 0.230 e. The van der Waals surface area contributed by atoms with Gasteiger partial charge >= 0.3 is 0 Å². The van der Waals surface area contributed by atoms with E-state index < -0.39 is 0 Å². The van der Waals surface area contributed by atoms with E-state index in [-0.39, 0.29) is 11.7 Å². The van der Waals surface area contributed by atoms with Gasteiger partial charge in [0, 0.05) is 10.6 Å². The number of nitrogen functional groups attached to an aromatic ring is 1. The Morgan fingerprint density at radius 1 is 1.10 bits per heavy atom. The Balaban J connectivity index is 2.16. The predicted octanol–water partition coefficient (Wildman–Crippen LogP) is 4.69. The Morgan fingerprint density at radius 2 is 1.76 bits per heavy atom. The fourth-order valence-corrected chi connectivity index (χ4v) is 2.30. The predicted molar refractivity (Wildman–Crippen MR) is 81.5 cm³/mol. The lowest BCUT2D eigenvalue weighted by atomic mass is 10.00. The molecule has 1 heterocycles. The van der Waals surface area contributed by atoms with E-state index in [0.717, 1.165) is 16.7 Å². The number of aromatic nitrogens is 1. The van der Waals surface area contributed by atoms with Crippen LogP contribution in [0.4, 0.5) is 10.3 Å². The molecule has 0 aliphatic rings. The van der Waals surface area contributed by atoms with Gasteiger partial charge in [0.15, 0.2) is 0 Å². The molecule has 2 aromatic carbocycles. The molecule has 5 heteroatoms. The highest BCUT2D eigenvalue weighted by atomic mass is 35.5. The Bertz CT molecular complexity index is 797. The minimum Gasteiger partial charge on any atom is -0.367 e. The van der Waals surface area contributed by atoms with E-state index in [0.29, 0.717) is 16.3 Å². The molecule has 21 heavy (non-hydrogen) atoms. The van der Waals surface area contributed by atoms with Gasteiger partial charge in [-0.15, -0.1) is 0 Å². The van der Waals surface area contributed by atoms with E-state index in [1.807, 2.05) is 19.1 Å². The fraction of sp³-hybridized carbons (Fsp3) is 0.0625. The Hall–Kier alpha value is -2.33. The number of aryl methyl sites for hydroxylation is 1. The molecule has 0 saturated heterocycles. The third kappa shape index (κ3) is 2.50. The van der Waals surface area contributed by atoms with Gasteiger partial charge in [-0.25, -0.2) is 4.39 Å². The molecule has 3 rings (SSSR count). The lowest BCUT2D eigenvalue weighted by molar-refractivity contribution is 0.439. The first-order valence-corrected chi connectivity index (χ1v) is 6.71. The molecule has 0 fully saturated rings. The Kier molecular flexibility index (Phi) is 3.39. The molecule has 0 radical (unpaired) electrons. The highest BCUT2D eigenvalue weighted by Crippen LogP contribution is 2.37. The summed E-state index contributed by atoms with van der Waals surface area (Å²) in [5.74, 6) is -0.109. The van der Waals surface area contributed by atoms with Crippen molar-refractivity contribution in [3.05, 3.63) is 58.9 Å². The topological polar surface area (TPSA) is 52.0 Å². The molecule has 0 atom stereocenters. The molecule has 3 aromatic rings. The van der Waals surface area contributed by atoms with Crippen molar-refractivity contribution >= 4 is 17.5 Å². The van der Waals surface area contributed by atoms with Crippen LogP contribution in [0.3, 0.4) is 0 Å². The summed E-state index contributed by atoms with van der Waals surface area (Å²) in [6.07, 6.45) is 0. The highest BCUT2D eigenvalue weighted by Gasteiger charge is 2.17. The van der Waals surface area contributed by atoms with Gasteiger partial charge in [-0.05, 0) is 42.3 Å². The van der Waals surface area contributed by atoms with E-state index in [2.05, 4.69) is 5.16 Å². The van der Waals surface area contributed by atoms with Crippen molar-refractivity contribution in [3.8, 4) is 22.4 Å². The highest BCUT2D eigenvalue weighted by molar-refractivity contribution is 6.31. The van der Waals surface area contributed by atoms with E-state index >= 15 is 0 Å². The summed E-state index contributed by atoms with van der Waals surface area (Å²) in [4.78, 5) is 0. The van der Waals surface area contributed by atoms with Crippen molar-refractivity contribution in [1.82, 2.24) is 5.16 Å². The largest absolute Gasteiger partial charge is 0.367 e. The molecule has 0 bridgehead atoms. The third-order valence-electron chi connectivity index (χ3n) is 3.28. The zero-order chi connectivity index (χ0) is 15.0. The minimum absolute atomic E-state index is 0.198. The summed E-state index contributed by atoms with van der Waals surface area (Å²) in [7, 11) is 0. The second-order valence-electron chi connectivity index (χ2n) is 4.74. The molecule has 106 valence electrons. The number of benzene rings is 2. The number of nitrogens with zero attached hydrogens (tertiary/aromatic N) is 1. The van der Waals surface area contributed by atoms with Crippen molar-refractivity contribution in [2.75, 3.05) is 5.73 Å². The van der Waals surface area contributed by atoms with Gasteiger partial charge in [0.1, 0.15) is 11.5 Å². The summed E-state index contributed by atoms with van der Waals surface area (Å²) in [6.45, 7) is 1.91. The summed E-state index contributed by atoms with van der Waals surface area (Å²) in [5.41, 5.74) is 9.65. The zero-order valence-electron chi connectivity index (χ0n) is 11.2. The van der Waals surface area contributed by atoms with Crippen molar-refractivity contribution in [1.29, 1.82) is 0 Å². The number of hydrogen-bond acceptors (Lipinski definition) is 3. The van der Waals surface area contributed by atoms with E-state index in [9.17, 15) is 4.39 Å². The van der Waals surface area contributed by atoms with Crippen LogP contribution in [-0.4, -0.2) is 5.16 Å². The van der Waals surface area contributed by atoms with Crippen LogP contribution in [0.2, 0.25) is 5.02 Å². The molecule has 0 aliphatic heterocycles. The second kappa shape index (κ2) is 5.22. The quantitative estimate of drug-likeness (QED) is 0.747. The molecule has 2 N–H and O–H groups in total. The van der Waals surface area contributed by atoms with Crippen molar-refractivity contribution in [2.45, 2.75) is 6.92 Å².